The molecular weight excluding hydrogens is 157 g/mol. The molecule has 0 spiro atoms. The Balaban J connectivity index is 2.11. The Morgan fingerprint density at radius 2 is 2.50 bits per heavy atom. The van der Waals surface area contributed by atoms with E-state index in [4.69, 9.17) is 4.74 Å². The van der Waals surface area contributed by atoms with Crippen LogP contribution in [-0.4, -0.2) is 33.0 Å². The third-order valence-electron chi connectivity index (χ3n) is 2.27. The molecule has 1 saturated heterocycles. The smallest absolute Gasteiger partial charge is 0.113 e. The second kappa shape index (κ2) is 5.49. The Morgan fingerprint density at radius 3 is 3.08 bits per heavy atom. The number of ether oxygens (including phenoxy) is 1. The zero-order valence-electron chi connectivity index (χ0n) is 7.68. The van der Waals surface area contributed by atoms with Crippen molar-refractivity contribution in [3.63, 3.8) is 0 Å². The largest absolute Gasteiger partial charge is 0.381 e. The molecule has 1 fully saturated rings. The van der Waals surface area contributed by atoms with Gasteiger partial charge in [0.15, 0.2) is 0 Å². The summed E-state index contributed by atoms with van der Waals surface area (Å²) in [5.74, 6) is 0.446. The Bertz CT molecular complexity index is 115. The van der Waals surface area contributed by atoms with Crippen molar-refractivity contribution in [2.24, 2.45) is 5.92 Å². The second-order valence-electron chi connectivity index (χ2n) is 3.47. The van der Waals surface area contributed by atoms with E-state index in [2.05, 4.69) is 5.32 Å². The maximum absolute atomic E-state index is 13.1. The van der Waals surface area contributed by atoms with E-state index < -0.39 is 6.17 Å². The molecule has 2 nitrogen and oxygen atoms in total. The fourth-order valence-electron chi connectivity index (χ4n) is 1.66. The van der Waals surface area contributed by atoms with Crippen LogP contribution in [0.5, 0.6) is 0 Å². The maximum Gasteiger partial charge on any atom is 0.113 e. The van der Waals surface area contributed by atoms with Gasteiger partial charge in [-0.05, 0) is 32.2 Å². The summed E-state index contributed by atoms with van der Waals surface area (Å²) >= 11 is 0. The van der Waals surface area contributed by atoms with E-state index in [1.54, 1.807) is 7.05 Å². The highest BCUT2D eigenvalue weighted by Gasteiger charge is 2.18. The van der Waals surface area contributed by atoms with Gasteiger partial charge in [-0.2, -0.15) is 0 Å². The summed E-state index contributed by atoms with van der Waals surface area (Å²) < 4.78 is 18.3. The first-order chi connectivity index (χ1) is 5.83. The summed E-state index contributed by atoms with van der Waals surface area (Å²) in [4.78, 5) is 0. The van der Waals surface area contributed by atoms with Gasteiger partial charge in [0.1, 0.15) is 6.17 Å². The van der Waals surface area contributed by atoms with Crippen LogP contribution in [0, 0.1) is 5.92 Å². The van der Waals surface area contributed by atoms with Crippen molar-refractivity contribution in [3.05, 3.63) is 0 Å². The summed E-state index contributed by atoms with van der Waals surface area (Å²) in [7, 11) is 1.78. The van der Waals surface area contributed by atoms with E-state index in [1.165, 1.54) is 0 Å². The second-order valence-corrected chi connectivity index (χ2v) is 3.47. The summed E-state index contributed by atoms with van der Waals surface area (Å²) in [5, 5.41) is 2.84. The molecule has 0 saturated carbocycles. The van der Waals surface area contributed by atoms with Gasteiger partial charge in [-0.15, -0.1) is 0 Å². The van der Waals surface area contributed by atoms with E-state index in [1.807, 2.05) is 0 Å². The molecular formula is C9H18FNO. The van der Waals surface area contributed by atoms with Crippen molar-refractivity contribution >= 4 is 0 Å². The summed E-state index contributed by atoms with van der Waals surface area (Å²) in [6, 6.07) is 0. The topological polar surface area (TPSA) is 21.3 Å². The van der Waals surface area contributed by atoms with Crippen LogP contribution in [0.2, 0.25) is 0 Å². The molecule has 72 valence electrons. The fraction of sp³-hybridized carbons (Fsp3) is 1.00. The SMILES string of the molecule is CNC[C@@H](F)C[C@@H]1CCCOC1. The highest BCUT2D eigenvalue weighted by molar-refractivity contribution is 4.69. The molecule has 3 heteroatoms. The predicted octanol–water partition coefficient (Wildman–Crippen LogP) is 1.36. The van der Waals surface area contributed by atoms with Crippen LogP contribution >= 0.6 is 0 Å². The van der Waals surface area contributed by atoms with Gasteiger partial charge in [0.2, 0.25) is 0 Å². The van der Waals surface area contributed by atoms with Gasteiger partial charge in [-0.25, -0.2) is 4.39 Å². The summed E-state index contributed by atoms with van der Waals surface area (Å²) in [5.41, 5.74) is 0. The van der Waals surface area contributed by atoms with Crippen molar-refractivity contribution < 1.29 is 9.13 Å². The highest BCUT2D eigenvalue weighted by atomic mass is 19.1. The zero-order chi connectivity index (χ0) is 8.81. The Morgan fingerprint density at radius 1 is 1.67 bits per heavy atom. The van der Waals surface area contributed by atoms with E-state index in [-0.39, 0.29) is 0 Å². The van der Waals surface area contributed by atoms with Crippen molar-refractivity contribution in [3.8, 4) is 0 Å². The van der Waals surface area contributed by atoms with Crippen LogP contribution < -0.4 is 5.32 Å². The summed E-state index contributed by atoms with van der Waals surface area (Å²) in [6.07, 6.45) is 2.17. The molecule has 0 radical (unpaired) electrons. The average molecular weight is 175 g/mol. The van der Waals surface area contributed by atoms with Gasteiger partial charge in [-0.1, -0.05) is 0 Å². The van der Waals surface area contributed by atoms with E-state index >= 15 is 0 Å². The average Bonchev–Trinajstić information content (AvgIpc) is 2.06. The van der Waals surface area contributed by atoms with Crippen molar-refractivity contribution in [1.82, 2.24) is 5.32 Å². The molecule has 0 aromatic carbocycles. The monoisotopic (exact) mass is 175 g/mol. The molecule has 0 aliphatic carbocycles. The minimum Gasteiger partial charge on any atom is -0.381 e. The number of hydrogen-bond donors (Lipinski definition) is 1. The highest BCUT2D eigenvalue weighted by Crippen LogP contribution is 2.19. The molecule has 12 heavy (non-hydrogen) atoms. The molecule has 2 atom stereocenters. The van der Waals surface area contributed by atoms with Gasteiger partial charge in [-0.3, -0.25) is 0 Å². The van der Waals surface area contributed by atoms with Gasteiger partial charge in [0.25, 0.3) is 0 Å². The van der Waals surface area contributed by atoms with Crippen LogP contribution in [0.15, 0.2) is 0 Å². The van der Waals surface area contributed by atoms with Crippen molar-refractivity contribution in [2.45, 2.75) is 25.4 Å². The Labute approximate surface area is 73.5 Å². The lowest BCUT2D eigenvalue weighted by Crippen LogP contribution is -2.26. The first-order valence-electron chi connectivity index (χ1n) is 4.69. The predicted molar refractivity (Wildman–Crippen MR) is 47.0 cm³/mol. The van der Waals surface area contributed by atoms with Gasteiger partial charge in [0.05, 0.1) is 0 Å². The van der Waals surface area contributed by atoms with E-state index in [9.17, 15) is 4.39 Å². The fourth-order valence-corrected chi connectivity index (χ4v) is 1.66. The maximum atomic E-state index is 13.1. The lowest BCUT2D eigenvalue weighted by molar-refractivity contribution is 0.0418. The third-order valence-corrected chi connectivity index (χ3v) is 2.27. The molecule has 0 amide bonds. The number of alkyl halides is 1. The minimum atomic E-state index is -0.707. The Kier molecular flexibility index (Phi) is 4.54. The number of rotatable bonds is 4. The molecule has 1 aliphatic heterocycles. The number of hydrogen-bond acceptors (Lipinski definition) is 2. The third kappa shape index (κ3) is 3.50. The van der Waals surface area contributed by atoms with Crippen LogP contribution in [-0.2, 0) is 4.74 Å². The van der Waals surface area contributed by atoms with Crippen molar-refractivity contribution in [1.29, 1.82) is 0 Å². The molecule has 1 aliphatic rings. The van der Waals surface area contributed by atoms with Crippen LogP contribution in [0.3, 0.4) is 0 Å². The molecule has 1 N–H and O–H groups in total. The molecule has 0 unspecified atom stereocenters. The quantitative estimate of drug-likeness (QED) is 0.696. The van der Waals surface area contributed by atoms with E-state index in [0.29, 0.717) is 18.9 Å². The molecule has 1 rings (SSSR count). The van der Waals surface area contributed by atoms with Crippen molar-refractivity contribution in [2.75, 3.05) is 26.8 Å². The van der Waals surface area contributed by atoms with Crippen LogP contribution in [0.4, 0.5) is 4.39 Å². The van der Waals surface area contributed by atoms with E-state index in [0.717, 1.165) is 26.1 Å². The van der Waals surface area contributed by atoms with Gasteiger partial charge < -0.3 is 10.1 Å². The van der Waals surface area contributed by atoms with Gasteiger partial charge >= 0.3 is 0 Å². The standard InChI is InChI=1S/C9H18FNO/c1-11-6-9(10)5-8-3-2-4-12-7-8/h8-9,11H,2-7H2,1H3/t8-,9-/m0/s1. The summed E-state index contributed by atoms with van der Waals surface area (Å²) in [6.45, 7) is 2.08. The molecule has 0 aromatic rings. The normalized spacial score (nSPS) is 27.0. The van der Waals surface area contributed by atoms with Gasteiger partial charge in [0, 0.05) is 19.8 Å². The lowest BCUT2D eigenvalue weighted by Gasteiger charge is -2.23. The molecule has 0 bridgehead atoms. The lowest BCUT2D eigenvalue weighted by atomic mass is 9.96. The Hall–Kier alpha value is -0.150. The number of halogens is 1. The zero-order valence-corrected chi connectivity index (χ0v) is 7.68. The van der Waals surface area contributed by atoms with Crippen LogP contribution in [0.1, 0.15) is 19.3 Å². The van der Waals surface area contributed by atoms with Crippen LogP contribution in [0.25, 0.3) is 0 Å². The minimum absolute atomic E-state index is 0.446. The molecule has 1 heterocycles. The first kappa shape index (κ1) is 9.93. The molecule has 0 aromatic heterocycles. The number of nitrogens with one attached hydrogen (secondary N) is 1. The first-order valence-corrected chi connectivity index (χ1v) is 4.69.